The van der Waals surface area contributed by atoms with Crippen molar-refractivity contribution in [2.75, 3.05) is 13.1 Å². The van der Waals surface area contributed by atoms with Gasteiger partial charge in [-0.15, -0.1) is 5.48 Å². The lowest BCUT2D eigenvalue weighted by Crippen LogP contribution is -2.42. The average Bonchev–Trinajstić information content (AvgIpc) is 2.14. The number of nitrogens with one attached hydrogen (secondary N) is 2. The Kier molecular flexibility index (Phi) is 3.70. The number of alkyl halides is 3. The van der Waals surface area contributed by atoms with Gasteiger partial charge in [-0.3, -0.25) is 0 Å². The lowest BCUT2D eigenvalue weighted by molar-refractivity contribution is -0.208. The van der Waals surface area contributed by atoms with Crippen LogP contribution in [0.3, 0.4) is 0 Å². The Balaban J connectivity index is 2.22. The Bertz CT molecular complexity index is 202. The van der Waals surface area contributed by atoms with Crippen LogP contribution >= 0.6 is 0 Å². The van der Waals surface area contributed by atoms with E-state index in [4.69, 9.17) is 0 Å². The molecule has 0 aromatic rings. The average molecular weight is 212 g/mol. The summed E-state index contributed by atoms with van der Waals surface area (Å²) in [6.45, 7) is 1.42. The van der Waals surface area contributed by atoms with Crippen molar-refractivity contribution in [3.8, 4) is 0 Å². The second-order valence-electron chi connectivity index (χ2n) is 3.03. The van der Waals surface area contributed by atoms with Gasteiger partial charge in [0.2, 0.25) is 0 Å². The first-order valence-electron chi connectivity index (χ1n) is 4.24. The number of hydrogen-bond acceptors (Lipinski definition) is 4. The number of piperidine rings is 1. The van der Waals surface area contributed by atoms with Gasteiger partial charge in [-0.05, 0) is 25.9 Å². The van der Waals surface area contributed by atoms with Crippen molar-refractivity contribution >= 4 is 5.97 Å². The van der Waals surface area contributed by atoms with Gasteiger partial charge in [0.1, 0.15) is 0 Å². The lowest BCUT2D eigenvalue weighted by atomic mass is 10.1. The molecule has 14 heavy (non-hydrogen) atoms. The molecule has 0 aromatic heterocycles. The zero-order valence-corrected chi connectivity index (χ0v) is 7.36. The fourth-order valence-corrected chi connectivity index (χ4v) is 1.13. The lowest BCUT2D eigenvalue weighted by Gasteiger charge is -2.22. The van der Waals surface area contributed by atoms with Crippen molar-refractivity contribution in [1.82, 2.24) is 10.8 Å². The largest absolute Gasteiger partial charge is 0.492 e. The molecular formula is C7H11F3N2O2. The topological polar surface area (TPSA) is 50.4 Å². The number of rotatable bonds is 2. The predicted octanol–water partition coefficient (Wildman–Crippen LogP) is 0.348. The highest BCUT2D eigenvalue weighted by Crippen LogP contribution is 2.16. The molecule has 0 bridgehead atoms. The molecule has 1 aliphatic heterocycles. The molecule has 1 fully saturated rings. The van der Waals surface area contributed by atoms with E-state index in [0.717, 1.165) is 0 Å². The van der Waals surface area contributed by atoms with Crippen LogP contribution in [0.5, 0.6) is 0 Å². The van der Waals surface area contributed by atoms with Gasteiger partial charge in [0, 0.05) is 6.04 Å². The van der Waals surface area contributed by atoms with Crippen LogP contribution < -0.4 is 10.8 Å². The maximum Gasteiger partial charge on any atom is 0.492 e. The van der Waals surface area contributed by atoms with E-state index in [1.807, 2.05) is 0 Å². The molecule has 0 aromatic carbocycles. The fraction of sp³-hybridized carbons (Fsp3) is 0.857. The zero-order chi connectivity index (χ0) is 10.6. The Morgan fingerprint density at radius 3 is 2.43 bits per heavy atom. The highest BCUT2D eigenvalue weighted by Gasteiger charge is 2.41. The highest BCUT2D eigenvalue weighted by molar-refractivity contribution is 5.75. The van der Waals surface area contributed by atoms with E-state index in [1.54, 1.807) is 0 Å². The smallest absolute Gasteiger partial charge is 0.363 e. The molecular weight excluding hydrogens is 201 g/mol. The molecule has 7 heteroatoms. The second-order valence-corrected chi connectivity index (χ2v) is 3.03. The van der Waals surface area contributed by atoms with Crippen molar-refractivity contribution < 1.29 is 22.8 Å². The quantitative estimate of drug-likeness (QED) is 0.648. The Morgan fingerprint density at radius 2 is 1.93 bits per heavy atom. The van der Waals surface area contributed by atoms with Gasteiger partial charge in [0.25, 0.3) is 0 Å². The van der Waals surface area contributed by atoms with Crippen molar-refractivity contribution in [3.63, 3.8) is 0 Å². The van der Waals surface area contributed by atoms with Gasteiger partial charge < -0.3 is 10.2 Å². The molecule has 0 spiro atoms. The van der Waals surface area contributed by atoms with Crippen LogP contribution in [-0.4, -0.2) is 31.3 Å². The van der Waals surface area contributed by atoms with Gasteiger partial charge in [-0.25, -0.2) is 4.79 Å². The summed E-state index contributed by atoms with van der Waals surface area (Å²) in [7, 11) is 0. The number of carbonyl (C=O) groups is 1. The first-order chi connectivity index (χ1) is 6.50. The molecule has 1 aliphatic rings. The second kappa shape index (κ2) is 4.61. The molecule has 4 nitrogen and oxygen atoms in total. The first-order valence-corrected chi connectivity index (χ1v) is 4.24. The van der Waals surface area contributed by atoms with Crippen LogP contribution in [0.2, 0.25) is 0 Å². The maximum atomic E-state index is 11.7. The maximum absolute atomic E-state index is 11.7. The van der Waals surface area contributed by atoms with Crippen LogP contribution in [0.4, 0.5) is 13.2 Å². The van der Waals surface area contributed by atoms with Crippen molar-refractivity contribution in [3.05, 3.63) is 0 Å². The molecule has 82 valence electrons. The minimum atomic E-state index is -4.93. The molecule has 0 radical (unpaired) electrons. The molecule has 2 N–H and O–H groups in total. The number of carbonyl (C=O) groups excluding carboxylic acids is 1. The van der Waals surface area contributed by atoms with Crippen LogP contribution in [0.15, 0.2) is 0 Å². The highest BCUT2D eigenvalue weighted by atomic mass is 19.4. The van der Waals surface area contributed by atoms with E-state index >= 15 is 0 Å². The van der Waals surface area contributed by atoms with Crippen LogP contribution in [0.25, 0.3) is 0 Å². The van der Waals surface area contributed by atoms with E-state index < -0.39 is 12.1 Å². The van der Waals surface area contributed by atoms with E-state index in [0.29, 0.717) is 25.9 Å². The summed E-state index contributed by atoms with van der Waals surface area (Å²) in [5.41, 5.74) is 2.12. The van der Waals surface area contributed by atoms with E-state index in [1.165, 1.54) is 0 Å². The number of hydrogen-bond donors (Lipinski definition) is 2. The van der Waals surface area contributed by atoms with Gasteiger partial charge >= 0.3 is 12.1 Å². The van der Waals surface area contributed by atoms with Gasteiger partial charge in [-0.2, -0.15) is 13.2 Å². The molecule has 0 unspecified atom stereocenters. The standard InChI is InChI=1S/C7H11F3N2O2/c8-7(9,10)6(13)14-12-5-1-3-11-4-2-5/h5,11-12H,1-4H2. The van der Waals surface area contributed by atoms with Gasteiger partial charge in [0.15, 0.2) is 0 Å². The molecule has 0 amide bonds. The summed E-state index contributed by atoms with van der Waals surface area (Å²) in [5, 5.41) is 3.03. The molecule has 1 heterocycles. The van der Waals surface area contributed by atoms with E-state index in [2.05, 4.69) is 15.6 Å². The van der Waals surface area contributed by atoms with Crippen LogP contribution in [-0.2, 0) is 9.63 Å². The van der Waals surface area contributed by atoms with Crippen molar-refractivity contribution in [1.29, 1.82) is 0 Å². The summed E-state index contributed by atoms with van der Waals surface area (Å²) in [6.07, 6.45) is -3.64. The molecule has 0 saturated carbocycles. The monoisotopic (exact) mass is 212 g/mol. The van der Waals surface area contributed by atoms with Crippen LogP contribution in [0.1, 0.15) is 12.8 Å². The number of hydroxylamine groups is 1. The molecule has 1 saturated heterocycles. The normalized spacial score (nSPS) is 19.4. The minimum absolute atomic E-state index is 0.192. The summed E-state index contributed by atoms with van der Waals surface area (Å²) >= 11 is 0. The third-order valence-electron chi connectivity index (χ3n) is 1.89. The summed E-state index contributed by atoms with van der Waals surface area (Å²) < 4.78 is 35.0. The Labute approximate surface area is 78.7 Å². The fourth-order valence-electron chi connectivity index (χ4n) is 1.13. The SMILES string of the molecule is O=C(ONC1CCNCC1)C(F)(F)F. The molecule has 0 aliphatic carbocycles. The van der Waals surface area contributed by atoms with E-state index in [-0.39, 0.29) is 6.04 Å². The van der Waals surface area contributed by atoms with Gasteiger partial charge in [0.05, 0.1) is 0 Å². The summed E-state index contributed by atoms with van der Waals surface area (Å²) in [6, 6.07) is -0.192. The molecule has 0 atom stereocenters. The summed E-state index contributed by atoms with van der Waals surface area (Å²) in [4.78, 5) is 14.2. The van der Waals surface area contributed by atoms with Crippen LogP contribution in [0, 0.1) is 0 Å². The first kappa shape index (κ1) is 11.3. The van der Waals surface area contributed by atoms with Gasteiger partial charge in [-0.1, -0.05) is 0 Å². The molecule has 1 rings (SSSR count). The third kappa shape index (κ3) is 3.51. The zero-order valence-electron chi connectivity index (χ0n) is 7.36. The van der Waals surface area contributed by atoms with Crippen molar-refractivity contribution in [2.24, 2.45) is 0 Å². The number of halogens is 3. The Morgan fingerprint density at radius 1 is 1.36 bits per heavy atom. The third-order valence-corrected chi connectivity index (χ3v) is 1.89. The Hall–Kier alpha value is -0.820. The minimum Gasteiger partial charge on any atom is -0.363 e. The van der Waals surface area contributed by atoms with Crippen molar-refractivity contribution in [2.45, 2.75) is 25.1 Å². The summed E-state index contributed by atoms with van der Waals surface area (Å²) in [5.74, 6) is -2.20. The van der Waals surface area contributed by atoms with E-state index in [9.17, 15) is 18.0 Å². The predicted molar refractivity (Wildman–Crippen MR) is 41.2 cm³/mol.